The lowest BCUT2D eigenvalue weighted by Crippen LogP contribution is -2.15. The number of aliphatic hydroxyl groups is 1. The van der Waals surface area contributed by atoms with Crippen LogP contribution < -0.4 is 19.7 Å². The molecule has 0 aliphatic carbocycles. The van der Waals surface area contributed by atoms with Gasteiger partial charge in [-0.25, -0.2) is 0 Å². The molecule has 7 heteroatoms. The summed E-state index contributed by atoms with van der Waals surface area (Å²) in [6, 6.07) is 12.0. The fourth-order valence-electron chi connectivity index (χ4n) is 2.53. The van der Waals surface area contributed by atoms with E-state index in [9.17, 15) is 9.67 Å². The Balaban J connectivity index is 2.50. The third kappa shape index (κ3) is 3.82. The first-order valence-corrected chi connectivity index (χ1v) is 9.40. The fourth-order valence-corrected chi connectivity index (χ4v) is 4.35. The molecule has 0 aliphatic rings. The van der Waals surface area contributed by atoms with Crippen molar-refractivity contribution < 1.29 is 23.7 Å². The number of methoxy groups -OCH3 is 2. The van der Waals surface area contributed by atoms with Crippen LogP contribution in [0.5, 0.6) is 11.5 Å². The third-order valence-corrected chi connectivity index (χ3v) is 6.52. The molecule has 0 aromatic heterocycles. The van der Waals surface area contributed by atoms with E-state index in [1.807, 2.05) is 31.1 Å². The molecule has 136 valence electrons. The fraction of sp³-hybridized carbons (Fsp3) is 0.333. The first-order chi connectivity index (χ1) is 11.9. The Morgan fingerprint density at radius 3 is 2.12 bits per heavy atom. The number of hydrogen-bond donors (Lipinski definition) is 1. The average molecular weight is 365 g/mol. The molecule has 0 amide bonds. The van der Waals surface area contributed by atoms with Crippen LogP contribution in [0, 0.1) is 0 Å². The minimum Gasteiger partial charge on any atom is -0.497 e. The molecule has 6 nitrogen and oxygen atoms in total. The molecule has 2 atom stereocenters. The molecule has 0 aliphatic heterocycles. The van der Waals surface area contributed by atoms with E-state index in [0.29, 0.717) is 22.4 Å². The van der Waals surface area contributed by atoms with Gasteiger partial charge in [-0.2, -0.15) is 0 Å². The van der Waals surface area contributed by atoms with E-state index in [1.165, 1.54) is 21.3 Å². The van der Waals surface area contributed by atoms with Crippen molar-refractivity contribution in [3.05, 3.63) is 48.0 Å². The second-order valence-electron chi connectivity index (χ2n) is 5.67. The normalized spacial score (nSPS) is 14.5. The molecular formula is C18H24NO5P. The molecule has 2 rings (SSSR count). The predicted molar refractivity (Wildman–Crippen MR) is 99.5 cm³/mol. The van der Waals surface area contributed by atoms with Crippen LogP contribution in [0.15, 0.2) is 42.5 Å². The van der Waals surface area contributed by atoms with Gasteiger partial charge in [0, 0.05) is 37.8 Å². The minimum atomic E-state index is -3.58. The Labute approximate surface area is 148 Å². The van der Waals surface area contributed by atoms with Crippen LogP contribution in [-0.2, 0) is 9.09 Å². The van der Waals surface area contributed by atoms with Gasteiger partial charge in [0.2, 0.25) is 0 Å². The lowest BCUT2D eigenvalue weighted by Gasteiger charge is -2.25. The molecule has 0 unspecified atom stereocenters. The lowest BCUT2D eigenvalue weighted by atomic mass is 10.2. The largest absolute Gasteiger partial charge is 0.497 e. The molecule has 0 radical (unpaired) electrons. The van der Waals surface area contributed by atoms with Crippen LogP contribution in [-0.4, -0.2) is 40.5 Å². The number of rotatable bonds is 7. The summed E-state index contributed by atoms with van der Waals surface area (Å²) in [6.45, 7) is 0. The van der Waals surface area contributed by atoms with Crippen LogP contribution >= 0.6 is 7.37 Å². The number of ether oxygens (including phenoxy) is 2. The Morgan fingerprint density at radius 2 is 1.64 bits per heavy atom. The Kier molecular flexibility index (Phi) is 6.11. The number of anilines is 1. The maximum absolute atomic E-state index is 13.5. The number of nitrogens with zero attached hydrogens (tertiary/aromatic N) is 1. The molecule has 2 aromatic rings. The van der Waals surface area contributed by atoms with Crippen LogP contribution in [0.25, 0.3) is 0 Å². The van der Waals surface area contributed by atoms with Gasteiger partial charge in [0.15, 0.2) is 5.85 Å². The molecule has 1 N–H and O–H groups in total. The maximum atomic E-state index is 13.5. The Hall–Kier alpha value is -2.01. The summed E-state index contributed by atoms with van der Waals surface area (Å²) in [6.07, 6.45) is 0. The molecular weight excluding hydrogens is 341 g/mol. The summed E-state index contributed by atoms with van der Waals surface area (Å²) in [4.78, 5) is 1.93. The van der Waals surface area contributed by atoms with Crippen molar-refractivity contribution in [3.63, 3.8) is 0 Å². The predicted octanol–water partition coefficient (Wildman–Crippen LogP) is 3.01. The van der Waals surface area contributed by atoms with Crippen molar-refractivity contribution in [2.24, 2.45) is 0 Å². The van der Waals surface area contributed by atoms with Gasteiger partial charge in [0.1, 0.15) is 11.5 Å². The number of benzene rings is 2. The van der Waals surface area contributed by atoms with Crippen molar-refractivity contribution in [1.82, 2.24) is 0 Å². The highest BCUT2D eigenvalue weighted by molar-refractivity contribution is 7.67. The highest BCUT2D eigenvalue weighted by atomic mass is 31.2. The van der Waals surface area contributed by atoms with Crippen molar-refractivity contribution in [2.45, 2.75) is 5.85 Å². The molecule has 2 aromatic carbocycles. The Morgan fingerprint density at radius 1 is 1.00 bits per heavy atom. The number of hydrogen-bond acceptors (Lipinski definition) is 6. The smallest absolute Gasteiger partial charge is 0.264 e. The van der Waals surface area contributed by atoms with E-state index in [4.69, 9.17) is 14.0 Å². The zero-order valence-electron chi connectivity index (χ0n) is 15.1. The topological polar surface area (TPSA) is 68.2 Å². The summed E-state index contributed by atoms with van der Waals surface area (Å²) in [5.41, 5.74) is 1.31. The van der Waals surface area contributed by atoms with E-state index in [-0.39, 0.29) is 0 Å². The van der Waals surface area contributed by atoms with Crippen molar-refractivity contribution in [1.29, 1.82) is 0 Å². The van der Waals surface area contributed by atoms with Crippen molar-refractivity contribution >= 4 is 18.4 Å². The SMILES string of the molecule is COc1ccc(OC)c([C@@H](O)[P@](=O)(OC)c2ccc(N(C)C)cc2)c1. The second kappa shape index (κ2) is 7.91. The van der Waals surface area contributed by atoms with Gasteiger partial charge in [-0.1, -0.05) is 0 Å². The third-order valence-electron chi connectivity index (χ3n) is 4.03. The van der Waals surface area contributed by atoms with Crippen molar-refractivity contribution in [3.8, 4) is 11.5 Å². The van der Waals surface area contributed by atoms with Gasteiger partial charge in [-0.3, -0.25) is 4.57 Å². The van der Waals surface area contributed by atoms with E-state index in [0.717, 1.165) is 5.69 Å². The van der Waals surface area contributed by atoms with Gasteiger partial charge in [0.25, 0.3) is 7.37 Å². The average Bonchev–Trinajstić information content (AvgIpc) is 2.66. The van der Waals surface area contributed by atoms with E-state index in [1.54, 1.807) is 30.3 Å². The van der Waals surface area contributed by atoms with E-state index >= 15 is 0 Å². The Bertz CT molecular complexity index is 761. The highest BCUT2D eigenvalue weighted by Crippen LogP contribution is 2.58. The maximum Gasteiger partial charge on any atom is 0.264 e. The molecule has 0 bridgehead atoms. The van der Waals surface area contributed by atoms with Gasteiger partial charge in [0.05, 0.1) is 14.2 Å². The summed E-state index contributed by atoms with van der Waals surface area (Å²) in [5.74, 6) is -0.441. The van der Waals surface area contributed by atoms with Crippen molar-refractivity contribution in [2.75, 3.05) is 40.3 Å². The second-order valence-corrected chi connectivity index (χ2v) is 8.24. The summed E-state index contributed by atoms with van der Waals surface area (Å²) >= 11 is 0. The standard InChI is InChI=1S/C18H24NO5P/c1-19(2)13-6-9-15(10-7-13)25(21,24-5)18(20)16-12-14(22-3)8-11-17(16)23-4/h6-12,18,20H,1-5H3/t18-,25+/m0/s1. The van der Waals surface area contributed by atoms with Crippen LogP contribution in [0.1, 0.15) is 11.4 Å². The van der Waals surface area contributed by atoms with Gasteiger partial charge >= 0.3 is 0 Å². The molecule has 0 heterocycles. The minimum absolute atomic E-state index is 0.351. The van der Waals surface area contributed by atoms with Crippen LogP contribution in [0.3, 0.4) is 0 Å². The molecule has 0 spiro atoms. The molecule has 0 saturated heterocycles. The first-order valence-electron chi connectivity index (χ1n) is 7.70. The van der Waals surface area contributed by atoms with E-state index in [2.05, 4.69) is 0 Å². The zero-order valence-corrected chi connectivity index (χ0v) is 16.0. The van der Waals surface area contributed by atoms with E-state index < -0.39 is 13.2 Å². The highest BCUT2D eigenvalue weighted by Gasteiger charge is 2.37. The quantitative estimate of drug-likeness (QED) is 0.761. The molecule has 0 fully saturated rings. The zero-order chi connectivity index (χ0) is 18.6. The summed E-state index contributed by atoms with van der Waals surface area (Å²) in [7, 11) is 4.59. The van der Waals surface area contributed by atoms with Gasteiger partial charge < -0.3 is 24.0 Å². The lowest BCUT2D eigenvalue weighted by molar-refractivity contribution is 0.223. The first kappa shape index (κ1) is 19.3. The molecule has 0 saturated carbocycles. The number of aliphatic hydroxyl groups excluding tert-OH is 1. The summed E-state index contributed by atoms with van der Waals surface area (Å²) < 4.78 is 29.2. The van der Waals surface area contributed by atoms with Gasteiger partial charge in [-0.05, 0) is 42.5 Å². The van der Waals surface area contributed by atoms with Crippen LogP contribution in [0.2, 0.25) is 0 Å². The van der Waals surface area contributed by atoms with Crippen LogP contribution in [0.4, 0.5) is 5.69 Å². The molecule has 25 heavy (non-hydrogen) atoms. The van der Waals surface area contributed by atoms with Gasteiger partial charge in [-0.15, -0.1) is 0 Å². The summed E-state index contributed by atoms with van der Waals surface area (Å²) in [5, 5.41) is 11.3. The monoisotopic (exact) mass is 365 g/mol.